The molecule has 5 nitrogen and oxygen atoms in total. The number of halogens is 9. The Balaban J connectivity index is 1.55. The second-order valence-corrected chi connectivity index (χ2v) is 12.1. The highest BCUT2D eigenvalue weighted by Crippen LogP contribution is 3.02. The van der Waals surface area contributed by atoms with Gasteiger partial charge >= 0.3 is 31.5 Å². The molecule has 1 aliphatic heterocycles. The van der Waals surface area contributed by atoms with Crippen molar-refractivity contribution in [3.8, 4) is 0 Å². The Morgan fingerprint density at radius 1 is 0.906 bits per heavy atom. The van der Waals surface area contributed by atoms with E-state index in [1.165, 1.54) is 0 Å². The van der Waals surface area contributed by atoms with Crippen LogP contribution in [0.25, 0.3) is 0 Å². The standard InChI is InChI=1S/C16H15F9O5S2/c17-15(18,16(19,20)31(26,27)28)11-6-8-5-10(11)13-12(8)29-14(30-13)7-1-3-9(4-2-7)32(21,22,23,24)25/h1-4,8,10-14H,5-6H2,(H,26,27,28). The van der Waals surface area contributed by atoms with E-state index in [1.807, 2.05) is 0 Å². The van der Waals surface area contributed by atoms with E-state index in [0.717, 1.165) is 0 Å². The van der Waals surface area contributed by atoms with Gasteiger partial charge in [0.15, 0.2) is 6.29 Å². The van der Waals surface area contributed by atoms with Gasteiger partial charge in [0.25, 0.3) is 0 Å². The molecule has 32 heavy (non-hydrogen) atoms. The SMILES string of the molecule is O=S(=O)(O)C(F)(F)C(F)(F)C1CC2CC1C1OC(c3ccc(S(F)(F)(F)(F)F)cc3)OC21. The Morgan fingerprint density at radius 3 is 1.94 bits per heavy atom. The molecule has 1 saturated heterocycles. The second-order valence-electron chi connectivity index (χ2n) is 8.19. The number of fused-ring (bicyclic) bond motifs is 5. The monoisotopic (exact) mass is 522 g/mol. The van der Waals surface area contributed by atoms with Crippen molar-refractivity contribution in [2.24, 2.45) is 17.8 Å². The summed E-state index contributed by atoms with van der Waals surface area (Å²) in [5.74, 6) is -9.34. The molecule has 3 fully saturated rings. The summed E-state index contributed by atoms with van der Waals surface area (Å²) >= 11 is 0. The molecule has 3 aliphatic rings. The van der Waals surface area contributed by atoms with Gasteiger partial charge in [-0.15, -0.1) is 0 Å². The van der Waals surface area contributed by atoms with Gasteiger partial charge in [0.05, 0.1) is 12.2 Å². The molecule has 0 radical (unpaired) electrons. The lowest BCUT2D eigenvalue weighted by Crippen LogP contribution is -2.55. The molecule has 184 valence electrons. The predicted molar refractivity (Wildman–Crippen MR) is 91.5 cm³/mol. The number of rotatable bonds is 5. The van der Waals surface area contributed by atoms with Crippen molar-refractivity contribution in [2.75, 3.05) is 0 Å². The van der Waals surface area contributed by atoms with E-state index in [2.05, 4.69) is 0 Å². The smallest absolute Gasteiger partial charge is 0.342 e. The maximum absolute atomic E-state index is 14.4. The summed E-state index contributed by atoms with van der Waals surface area (Å²) in [4.78, 5) is -2.15. The summed E-state index contributed by atoms with van der Waals surface area (Å²) in [6.45, 7) is 0. The van der Waals surface area contributed by atoms with Crippen LogP contribution in [-0.4, -0.2) is 36.4 Å². The van der Waals surface area contributed by atoms with Crippen LogP contribution in [0.15, 0.2) is 29.2 Å². The third-order valence-corrected chi connectivity index (χ3v) is 8.28. The van der Waals surface area contributed by atoms with Crippen LogP contribution in [-0.2, 0) is 19.6 Å². The van der Waals surface area contributed by atoms with Gasteiger partial charge in [0.1, 0.15) is 4.90 Å². The van der Waals surface area contributed by atoms with Gasteiger partial charge in [-0.3, -0.25) is 4.55 Å². The molecular formula is C16H15F9O5S2. The lowest BCUT2D eigenvalue weighted by atomic mass is 9.81. The van der Waals surface area contributed by atoms with E-state index in [0.29, 0.717) is 12.1 Å². The fourth-order valence-corrected chi connectivity index (χ4v) is 5.93. The summed E-state index contributed by atoms with van der Waals surface area (Å²) in [5.41, 5.74) is -0.129. The zero-order chi connectivity index (χ0) is 24.2. The first-order valence-electron chi connectivity index (χ1n) is 9.01. The van der Waals surface area contributed by atoms with Crippen LogP contribution >= 0.6 is 10.2 Å². The first-order chi connectivity index (χ1) is 14.1. The Morgan fingerprint density at radius 2 is 1.44 bits per heavy atom. The van der Waals surface area contributed by atoms with Crippen molar-refractivity contribution < 1.29 is 59.4 Å². The highest BCUT2D eigenvalue weighted by molar-refractivity contribution is 8.45. The predicted octanol–water partition coefficient (Wildman–Crippen LogP) is 5.90. The molecule has 1 N–H and O–H groups in total. The van der Waals surface area contributed by atoms with Crippen molar-refractivity contribution in [2.45, 2.75) is 47.4 Å². The molecule has 0 amide bonds. The van der Waals surface area contributed by atoms with E-state index < -0.39 is 79.1 Å². The molecule has 16 heteroatoms. The van der Waals surface area contributed by atoms with Crippen molar-refractivity contribution in [1.29, 1.82) is 0 Å². The minimum Gasteiger partial charge on any atom is -0.342 e. The molecule has 2 aliphatic carbocycles. The lowest BCUT2D eigenvalue weighted by Gasteiger charge is -2.40. The molecule has 6 atom stereocenters. The number of alkyl halides is 4. The minimum absolute atomic E-state index is 0.0625. The van der Waals surface area contributed by atoms with Gasteiger partial charge in [-0.05, 0) is 36.8 Å². The first kappa shape index (κ1) is 23.9. The molecule has 4 rings (SSSR count). The summed E-state index contributed by atoms with van der Waals surface area (Å²) in [6.07, 6.45) is -4.14. The minimum atomic E-state index is -9.91. The van der Waals surface area contributed by atoms with Gasteiger partial charge < -0.3 is 9.47 Å². The third-order valence-electron chi connectivity index (χ3n) is 6.20. The van der Waals surface area contributed by atoms with E-state index in [4.69, 9.17) is 14.0 Å². The Bertz CT molecular complexity index is 1040. The summed E-state index contributed by atoms with van der Waals surface area (Å²) in [6, 6.07) is 1.57. The van der Waals surface area contributed by atoms with Gasteiger partial charge in [-0.1, -0.05) is 31.6 Å². The Hall–Kier alpha value is -1.23. The quantitative estimate of drug-likeness (QED) is 0.385. The van der Waals surface area contributed by atoms with E-state index in [9.17, 15) is 45.4 Å². The summed E-state index contributed by atoms with van der Waals surface area (Å²) in [7, 11) is -16.3. The molecular weight excluding hydrogens is 507 g/mol. The summed E-state index contributed by atoms with van der Waals surface area (Å²) in [5, 5.41) is -5.75. The molecule has 2 saturated carbocycles. The zero-order valence-electron chi connectivity index (χ0n) is 15.5. The van der Waals surface area contributed by atoms with Crippen molar-refractivity contribution >= 4 is 20.3 Å². The topological polar surface area (TPSA) is 72.8 Å². The zero-order valence-corrected chi connectivity index (χ0v) is 17.1. The van der Waals surface area contributed by atoms with E-state index in [-0.39, 0.29) is 24.1 Å². The number of ether oxygens (including phenoxy) is 2. The molecule has 1 heterocycles. The van der Waals surface area contributed by atoms with Crippen LogP contribution in [0.2, 0.25) is 0 Å². The van der Waals surface area contributed by atoms with Gasteiger partial charge in [0, 0.05) is 11.5 Å². The Labute approximate surface area is 175 Å². The largest absolute Gasteiger partial charge is 0.431 e. The number of hydrogen-bond acceptors (Lipinski definition) is 4. The average Bonchev–Trinajstić information content (AvgIpc) is 3.30. The molecule has 6 unspecified atom stereocenters. The van der Waals surface area contributed by atoms with E-state index in [1.54, 1.807) is 0 Å². The fourth-order valence-electron chi connectivity index (χ4n) is 4.78. The number of benzene rings is 1. The molecule has 0 aromatic heterocycles. The van der Waals surface area contributed by atoms with Crippen molar-refractivity contribution in [3.05, 3.63) is 29.8 Å². The van der Waals surface area contributed by atoms with Crippen LogP contribution in [0.3, 0.4) is 0 Å². The van der Waals surface area contributed by atoms with Gasteiger partial charge in [-0.2, -0.15) is 26.0 Å². The van der Waals surface area contributed by atoms with Gasteiger partial charge in [0.2, 0.25) is 0 Å². The summed E-state index contributed by atoms with van der Waals surface area (Å²) < 4.78 is 162. The maximum Gasteiger partial charge on any atom is 0.431 e. The van der Waals surface area contributed by atoms with Gasteiger partial charge in [-0.25, -0.2) is 0 Å². The highest BCUT2D eigenvalue weighted by atomic mass is 32.5. The van der Waals surface area contributed by atoms with Crippen LogP contribution in [0, 0.1) is 17.8 Å². The van der Waals surface area contributed by atoms with Crippen LogP contribution in [0.5, 0.6) is 0 Å². The molecule has 1 aromatic rings. The second kappa shape index (κ2) is 6.06. The molecule has 2 bridgehead atoms. The fraction of sp³-hybridized carbons (Fsp3) is 0.625. The molecule has 1 aromatic carbocycles. The molecule has 0 spiro atoms. The van der Waals surface area contributed by atoms with E-state index >= 15 is 0 Å². The lowest BCUT2D eigenvalue weighted by molar-refractivity contribution is -0.210. The highest BCUT2D eigenvalue weighted by Gasteiger charge is 2.74. The maximum atomic E-state index is 14.4. The third kappa shape index (κ3) is 3.58. The van der Waals surface area contributed by atoms with Crippen LogP contribution < -0.4 is 0 Å². The first-order valence-corrected chi connectivity index (χ1v) is 12.4. The van der Waals surface area contributed by atoms with Crippen molar-refractivity contribution in [1.82, 2.24) is 0 Å². The average molecular weight is 522 g/mol. The van der Waals surface area contributed by atoms with Crippen molar-refractivity contribution in [3.63, 3.8) is 0 Å². The normalized spacial score (nSPS) is 35.4. The Kier molecular flexibility index (Phi) is 4.53. The number of hydrogen-bond donors (Lipinski definition) is 1. The van der Waals surface area contributed by atoms with Crippen LogP contribution in [0.1, 0.15) is 24.7 Å². The van der Waals surface area contributed by atoms with Crippen LogP contribution in [0.4, 0.5) is 37.0 Å².